The molecular formula is C28H29N9O5S2. The number of anilines is 3. The van der Waals surface area contributed by atoms with Crippen molar-refractivity contribution in [3.8, 4) is 11.5 Å². The number of aliphatic imine (C=N–C) groups is 2. The predicted octanol–water partition coefficient (Wildman–Crippen LogP) is 2.50. The summed E-state index contributed by atoms with van der Waals surface area (Å²) in [5.41, 5.74) is 2.45. The highest BCUT2D eigenvalue weighted by atomic mass is 32.2. The van der Waals surface area contributed by atoms with E-state index < -0.39 is 16.0 Å². The second kappa shape index (κ2) is 12.0. The highest BCUT2D eigenvalue weighted by Crippen LogP contribution is 2.45. The number of hydrogen-bond donors (Lipinski definition) is 3. The number of carbonyl (C=O) groups is 1. The fourth-order valence-corrected chi connectivity index (χ4v) is 6.54. The van der Waals surface area contributed by atoms with Gasteiger partial charge in [-0.15, -0.1) is 0 Å². The third-order valence-corrected chi connectivity index (χ3v) is 9.04. The Bertz CT molecular complexity index is 1740. The number of ether oxygens (including phenoxy) is 2. The number of esters is 1. The Balaban J connectivity index is 1.09. The van der Waals surface area contributed by atoms with Crippen LogP contribution in [0, 0.1) is 0 Å². The number of amidine groups is 1. The van der Waals surface area contributed by atoms with Crippen molar-refractivity contribution < 1.29 is 22.7 Å². The Hall–Kier alpha value is -4.83. The Morgan fingerprint density at radius 2 is 1.80 bits per heavy atom. The van der Waals surface area contributed by atoms with Gasteiger partial charge < -0.3 is 29.9 Å². The molecule has 0 saturated carbocycles. The maximum Gasteiger partial charge on any atom is 0.308 e. The Labute approximate surface area is 259 Å². The molecular weight excluding hydrogens is 606 g/mol. The molecule has 4 heterocycles. The molecule has 3 aliphatic rings. The molecule has 0 radical (unpaired) electrons. The number of carbonyl (C=O) groups excluding carboxylic acids is 1. The first-order valence-electron chi connectivity index (χ1n) is 13.7. The molecule has 3 aromatic rings. The van der Waals surface area contributed by atoms with Gasteiger partial charge in [-0.25, -0.2) is 33.1 Å². The van der Waals surface area contributed by atoms with Crippen molar-refractivity contribution in [3.63, 3.8) is 0 Å². The molecule has 0 amide bonds. The van der Waals surface area contributed by atoms with E-state index in [1.807, 2.05) is 12.1 Å². The minimum absolute atomic E-state index is 0.00241. The minimum Gasteiger partial charge on any atom is -0.493 e. The van der Waals surface area contributed by atoms with Crippen LogP contribution in [0.25, 0.3) is 0 Å². The first kappa shape index (κ1) is 29.3. The lowest BCUT2D eigenvalue weighted by atomic mass is 9.95. The van der Waals surface area contributed by atoms with Gasteiger partial charge in [0.2, 0.25) is 5.95 Å². The Morgan fingerprint density at radius 3 is 2.48 bits per heavy atom. The van der Waals surface area contributed by atoms with Crippen molar-refractivity contribution >= 4 is 62.8 Å². The van der Waals surface area contributed by atoms with Gasteiger partial charge in [0.15, 0.2) is 16.6 Å². The van der Waals surface area contributed by atoms with Gasteiger partial charge in [0.05, 0.1) is 17.9 Å². The Morgan fingerprint density at radius 1 is 1.07 bits per heavy atom. The van der Waals surface area contributed by atoms with E-state index in [4.69, 9.17) is 21.7 Å². The molecule has 2 atom stereocenters. The number of piperazine rings is 1. The average molecular weight is 636 g/mol. The van der Waals surface area contributed by atoms with Crippen LogP contribution in [0.2, 0.25) is 0 Å². The van der Waals surface area contributed by atoms with Gasteiger partial charge in [0.25, 0.3) is 10.0 Å². The molecule has 2 aromatic carbocycles. The minimum atomic E-state index is -3.84. The van der Waals surface area contributed by atoms with E-state index in [0.29, 0.717) is 48.5 Å². The van der Waals surface area contributed by atoms with Crippen molar-refractivity contribution in [3.05, 3.63) is 60.4 Å². The highest BCUT2D eigenvalue weighted by Gasteiger charge is 2.41. The standard InChI is InChI=1S/C28H29N9O5S2/c1-17(38)42-23-14-20-21(15-22(23)41-2)34-25-24(20)26(32-16-31-25)36-10-12-37(13-11-36)28(43)33-18-4-6-19(7-5-18)44(39,40)35-27-29-8-3-9-30-27/h3-9,14-16,24-25,34H,10-13H2,1-2H3,(H,33,43)(H,29,30,35). The number of nitrogens with one attached hydrogen (secondary N) is 3. The molecule has 14 nitrogen and oxygen atoms in total. The third-order valence-electron chi connectivity index (χ3n) is 7.34. The number of methoxy groups -OCH3 is 1. The fraction of sp³-hybridized carbons (Fsp3) is 0.286. The zero-order valence-corrected chi connectivity index (χ0v) is 25.4. The summed E-state index contributed by atoms with van der Waals surface area (Å²) in [6, 6.07) is 11.5. The van der Waals surface area contributed by atoms with Crippen LogP contribution in [0.4, 0.5) is 17.3 Å². The van der Waals surface area contributed by atoms with Gasteiger partial charge in [-0.3, -0.25) is 4.79 Å². The summed E-state index contributed by atoms with van der Waals surface area (Å²) in [4.78, 5) is 33.1. The molecule has 3 N–H and O–H groups in total. The molecule has 1 fully saturated rings. The number of nitrogens with zero attached hydrogens (tertiary/aromatic N) is 6. The van der Waals surface area contributed by atoms with E-state index in [9.17, 15) is 13.2 Å². The van der Waals surface area contributed by atoms with Crippen molar-refractivity contribution in [2.24, 2.45) is 9.98 Å². The third kappa shape index (κ3) is 5.98. The van der Waals surface area contributed by atoms with Crippen LogP contribution in [0.5, 0.6) is 11.5 Å². The SMILES string of the molecule is COc1cc2c(cc1OC(C)=O)C1C(N3CCN(C(=S)Nc4ccc(S(=O)(=O)Nc5ncccn5)cc4)CC3)=NC=NC1N2. The molecule has 1 aromatic heterocycles. The van der Waals surface area contributed by atoms with E-state index in [0.717, 1.165) is 17.1 Å². The maximum absolute atomic E-state index is 12.7. The molecule has 228 valence electrons. The van der Waals surface area contributed by atoms with E-state index in [1.165, 1.54) is 38.6 Å². The number of rotatable bonds is 6. The topological polar surface area (TPSA) is 163 Å². The van der Waals surface area contributed by atoms with E-state index >= 15 is 0 Å². The number of benzene rings is 2. The van der Waals surface area contributed by atoms with E-state index in [2.05, 4.69) is 45.1 Å². The van der Waals surface area contributed by atoms with Crippen molar-refractivity contribution in [1.82, 2.24) is 19.8 Å². The summed E-state index contributed by atoms with van der Waals surface area (Å²) in [5.74, 6) is 1.08. The van der Waals surface area contributed by atoms with Crippen molar-refractivity contribution in [2.45, 2.75) is 23.9 Å². The number of thiocarbonyl (C=S) groups is 1. The molecule has 44 heavy (non-hydrogen) atoms. The fourth-order valence-electron chi connectivity index (χ4n) is 5.28. The van der Waals surface area contributed by atoms with Gasteiger partial charge in [0, 0.05) is 62.9 Å². The normalized spacial score (nSPS) is 18.8. The van der Waals surface area contributed by atoms with Gasteiger partial charge in [0.1, 0.15) is 18.3 Å². The van der Waals surface area contributed by atoms with Gasteiger partial charge in [-0.2, -0.15) is 0 Å². The largest absolute Gasteiger partial charge is 0.493 e. The van der Waals surface area contributed by atoms with Gasteiger partial charge in [-0.05, 0) is 54.2 Å². The molecule has 0 bridgehead atoms. The van der Waals surface area contributed by atoms with E-state index in [-0.39, 0.29) is 22.9 Å². The summed E-state index contributed by atoms with van der Waals surface area (Å²) in [5, 5.41) is 7.16. The summed E-state index contributed by atoms with van der Waals surface area (Å²) in [6.07, 6.45) is 4.25. The van der Waals surface area contributed by atoms with Crippen LogP contribution >= 0.6 is 12.2 Å². The molecule has 1 saturated heterocycles. The lowest BCUT2D eigenvalue weighted by molar-refractivity contribution is -0.132. The van der Waals surface area contributed by atoms with Gasteiger partial charge in [-0.1, -0.05) is 0 Å². The zero-order valence-electron chi connectivity index (χ0n) is 23.8. The maximum atomic E-state index is 12.7. The molecule has 6 rings (SSSR count). The van der Waals surface area contributed by atoms with Gasteiger partial charge >= 0.3 is 5.97 Å². The monoisotopic (exact) mass is 635 g/mol. The average Bonchev–Trinajstić information content (AvgIpc) is 3.38. The molecule has 3 aliphatic heterocycles. The Kier molecular flexibility index (Phi) is 8.01. The van der Waals surface area contributed by atoms with Crippen molar-refractivity contribution in [1.29, 1.82) is 0 Å². The molecule has 2 unspecified atom stereocenters. The van der Waals surface area contributed by atoms with Crippen LogP contribution in [-0.2, 0) is 14.8 Å². The summed E-state index contributed by atoms with van der Waals surface area (Å²) < 4.78 is 38.5. The molecule has 0 spiro atoms. The second-order valence-electron chi connectivity index (χ2n) is 10.1. The first-order chi connectivity index (χ1) is 21.2. The highest BCUT2D eigenvalue weighted by molar-refractivity contribution is 7.92. The quantitative estimate of drug-likeness (QED) is 0.206. The number of hydrogen-bond acceptors (Lipinski definition) is 12. The van der Waals surface area contributed by atoms with Crippen LogP contribution < -0.4 is 24.8 Å². The van der Waals surface area contributed by atoms with Crippen molar-refractivity contribution in [2.75, 3.05) is 48.6 Å². The molecule has 16 heteroatoms. The second-order valence-corrected chi connectivity index (χ2v) is 12.2. The lowest BCUT2D eigenvalue weighted by Gasteiger charge is -2.40. The summed E-state index contributed by atoms with van der Waals surface area (Å²) in [6.45, 7) is 3.99. The number of fused-ring (bicyclic) bond motifs is 3. The number of aromatic nitrogens is 2. The van der Waals surface area contributed by atoms with Crippen LogP contribution in [0.3, 0.4) is 0 Å². The van der Waals surface area contributed by atoms with Crippen LogP contribution in [0.15, 0.2) is 69.7 Å². The lowest BCUT2D eigenvalue weighted by Crippen LogP contribution is -2.53. The van der Waals surface area contributed by atoms with Crippen LogP contribution in [0.1, 0.15) is 18.4 Å². The van der Waals surface area contributed by atoms with E-state index in [1.54, 1.807) is 24.5 Å². The molecule has 0 aliphatic carbocycles. The van der Waals surface area contributed by atoms with Crippen LogP contribution in [-0.4, -0.2) is 90.9 Å². The zero-order chi connectivity index (χ0) is 30.8. The summed E-state index contributed by atoms with van der Waals surface area (Å²) >= 11 is 5.68. The summed E-state index contributed by atoms with van der Waals surface area (Å²) in [7, 11) is -2.31. The smallest absolute Gasteiger partial charge is 0.308 e. The predicted molar refractivity (Wildman–Crippen MR) is 169 cm³/mol. The number of sulfonamides is 1. The first-order valence-corrected chi connectivity index (χ1v) is 15.6.